The molecule has 2 heterocycles. The van der Waals surface area contributed by atoms with Crippen LogP contribution in [0.3, 0.4) is 0 Å². The topological polar surface area (TPSA) is 42.3 Å². The van der Waals surface area contributed by atoms with Gasteiger partial charge in [0.25, 0.3) is 11.5 Å². The fourth-order valence-corrected chi connectivity index (χ4v) is 4.08. The Bertz CT molecular complexity index is 1110. The van der Waals surface area contributed by atoms with Crippen LogP contribution in [-0.2, 0) is 0 Å². The number of rotatable bonds is 2. The quantitative estimate of drug-likeness (QED) is 0.657. The molecule has 0 spiro atoms. The van der Waals surface area contributed by atoms with E-state index in [-0.39, 0.29) is 17.5 Å². The van der Waals surface area contributed by atoms with Crippen molar-refractivity contribution in [3.63, 3.8) is 0 Å². The minimum atomic E-state index is -0.0953. The highest BCUT2D eigenvalue weighted by atomic mass is 16.2. The lowest BCUT2D eigenvalue weighted by molar-refractivity contribution is 0.0637. The van der Waals surface area contributed by atoms with Crippen LogP contribution < -0.4 is 5.56 Å². The second-order valence-corrected chi connectivity index (χ2v) is 7.88. The molecule has 3 aromatic rings. The highest BCUT2D eigenvalue weighted by Crippen LogP contribution is 2.24. The summed E-state index contributed by atoms with van der Waals surface area (Å²) in [5.41, 5.74) is 3.59. The number of nitrogens with zero attached hydrogens (tertiary/aromatic N) is 2. The van der Waals surface area contributed by atoms with Crippen LogP contribution in [0.4, 0.5) is 0 Å². The van der Waals surface area contributed by atoms with Gasteiger partial charge in [0.2, 0.25) is 0 Å². The summed E-state index contributed by atoms with van der Waals surface area (Å²) >= 11 is 0. The van der Waals surface area contributed by atoms with Gasteiger partial charge >= 0.3 is 0 Å². The van der Waals surface area contributed by atoms with Gasteiger partial charge in [0, 0.05) is 35.2 Å². The predicted octanol–water partition coefficient (Wildman–Crippen LogP) is 4.62. The van der Waals surface area contributed by atoms with Crippen molar-refractivity contribution >= 4 is 16.7 Å². The summed E-state index contributed by atoms with van der Waals surface area (Å²) in [5.74, 6) is 0.0148. The molecule has 1 aromatic heterocycles. The van der Waals surface area contributed by atoms with E-state index in [2.05, 4.69) is 13.8 Å². The standard InChI is InChI=1S/C24H26N2O2/c1-16-11-12-19(14-17(16)2)26-15-22(20-9-4-5-10-21(20)23(26)27)24(28)25-13-7-6-8-18(25)3/h4-5,9-12,14-15,18H,6-8,13H2,1-3H3/t18-/m1/s1. The van der Waals surface area contributed by atoms with Gasteiger partial charge in [-0.3, -0.25) is 14.2 Å². The summed E-state index contributed by atoms with van der Waals surface area (Å²) in [5, 5.41) is 1.31. The maximum atomic E-state index is 13.5. The van der Waals surface area contributed by atoms with E-state index >= 15 is 0 Å². The van der Waals surface area contributed by atoms with Crippen LogP contribution in [-0.4, -0.2) is 28.0 Å². The summed E-state index contributed by atoms with van der Waals surface area (Å²) in [6, 6.07) is 13.6. The first-order chi connectivity index (χ1) is 13.5. The van der Waals surface area contributed by atoms with Crippen LogP contribution in [0.15, 0.2) is 53.5 Å². The largest absolute Gasteiger partial charge is 0.336 e. The molecule has 1 aliphatic heterocycles. The molecule has 0 N–H and O–H groups in total. The zero-order valence-electron chi connectivity index (χ0n) is 16.7. The molecule has 0 unspecified atom stereocenters. The molecule has 1 aliphatic rings. The number of fused-ring (bicyclic) bond motifs is 1. The van der Waals surface area contributed by atoms with Crippen molar-refractivity contribution in [1.29, 1.82) is 0 Å². The maximum Gasteiger partial charge on any atom is 0.262 e. The molecule has 1 fully saturated rings. The lowest BCUT2D eigenvalue weighted by atomic mass is 10.0. The van der Waals surface area contributed by atoms with E-state index in [1.165, 1.54) is 5.56 Å². The third kappa shape index (κ3) is 3.13. The summed E-state index contributed by atoms with van der Waals surface area (Å²) < 4.78 is 1.62. The number of hydrogen-bond acceptors (Lipinski definition) is 2. The fraction of sp³-hybridized carbons (Fsp3) is 0.333. The highest BCUT2D eigenvalue weighted by molar-refractivity contribution is 6.06. The summed E-state index contributed by atoms with van der Waals surface area (Å²) in [4.78, 5) is 28.6. The first kappa shape index (κ1) is 18.5. The van der Waals surface area contributed by atoms with E-state index in [0.29, 0.717) is 10.9 Å². The molecule has 0 saturated carbocycles. The zero-order valence-corrected chi connectivity index (χ0v) is 16.7. The Hall–Kier alpha value is -2.88. The normalized spacial score (nSPS) is 17.1. The Labute approximate surface area is 165 Å². The van der Waals surface area contributed by atoms with Gasteiger partial charge < -0.3 is 4.90 Å². The molecule has 4 heteroatoms. The molecule has 2 aromatic carbocycles. The Morgan fingerprint density at radius 1 is 1.00 bits per heavy atom. The molecule has 0 bridgehead atoms. The Balaban J connectivity index is 1.93. The number of benzene rings is 2. The number of pyridine rings is 1. The van der Waals surface area contributed by atoms with E-state index in [9.17, 15) is 9.59 Å². The fourth-order valence-electron chi connectivity index (χ4n) is 4.08. The molecular weight excluding hydrogens is 348 g/mol. The lowest BCUT2D eigenvalue weighted by Crippen LogP contribution is -2.42. The van der Waals surface area contributed by atoms with Crippen LogP contribution in [0.1, 0.15) is 47.7 Å². The molecule has 28 heavy (non-hydrogen) atoms. The molecule has 144 valence electrons. The average Bonchev–Trinajstić information content (AvgIpc) is 2.70. The number of piperidine rings is 1. The number of likely N-dealkylation sites (tertiary alicyclic amines) is 1. The van der Waals surface area contributed by atoms with Crippen LogP contribution in [0.5, 0.6) is 0 Å². The zero-order chi connectivity index (χ0) is 19.8. The Morgan fingerprint density at radius 3 is 2.46 bits per heavy atom. The minimum Gasteiger partial charge on any atom is -0.336 e. The molecule has 1 amide bonds. The molecule has 4 rings (SSSR count). The first-order valence-corrected chi connectivity index (χ1v) is 10.0. The summed E-state index contributed by atoms with van der Waals surface area (Å²) in [6.45, 7) is 6.97. The third-order valence-electron chi connectivity index (χ3n) is 5.99. The van der Waals surface area contributed by atoms with E-state index < -0.39 is 0 Å². The predicted molar refractivity (Wildman–Crippen MR) is 113 cm³/mol. The van der Waals surface area contributed by atoms with E-state index in [1.54, 1.807) is 10.8 Å². The minimum absolute atomic E-state index is 0.0148. The second-order valence-electron chi connectivity index (χ2n) is 7.88. The van der Waals surface area contributed by atoms with Gasteiger partial charge in [-0.2, -0.15) is 0 Å². The third-order valence-corrected chi connectivity index (χ3v) is 5.99. The molecule has 0 radical (unpaired) electrons. The van der Waals surface area contributed by atoms with Crippen LogP contribution in [0.2, 0.25) is 0 Å². The number of carbonyl (C=O) groups excluding carboxylic acids is 1. The van der Waals surface area contributed by atoms with Crippen molar-refractivity contribution in [2.45, 2.75) is 46.1 Å². The van der Waals surface area contributed by atoms with Crippen molar-refractivity contribution < 1.29 is 4.79 Å². The summed E-state index contributed by atoms with van der Waals surface area (Å²) in [6.07, 6.45) is 4.96. The number of aryl methyl sites for hydroxylation is 2. The molecule has 1 saturated heterocycles. The average molecular weight is 374 g/mol. The Morgan fingerprint density at radius 2 is 1.75 bits per heavy atom. The number of aromatic nitrogens is 1. The van der Waals surface area contributed by atoms with Gasteiger partial charge in [-0.25, -0.2) is 0 Å². The van der Waals surface area contributed by atoms with Crippen molar-refractivity contribution in [2.75, 3.05) is 6.54 Å². The van der Waals surface area contributed by atoms with Gasteiger partial charge in [-0.15, -0.1) is 0 Å². The van der Waals surface area contributed by atoms with Crippen LogP contribution >= 0.6 is 0 Å². The van der Waals surface area contributed by atoms with Gasteiger partial charge in [-0.1, -0.05) is 24.3 Å². The van der Waals surface area contributed by atoms with Gasteiger partial charge in [0.05, 0.1) is 5.56 Å². The van der Waals surface area contributed by atoms with Crippen molar-refractivity contribution in [3.8, 4) is 5.69 Å². The van der Waals surface area contributed by atoms with E-state index in [1.807, 2.05) is 54.3 Å². The highest BCUT2D eigenvalue weighted by Gasteiger charge is 2.26. The smallest absolute Gasteiger partial charge is 0.262 e. The number of carbonyl (C=O) groups is 1. The van der Waals surface area contributed by atoms with Crippen molar-refractivity contribution in [3.05, 3.63) is 75.7 Å². The summed E-state index contributed by atoms with van der Waals surface area (Å²) in [7, 11) is 0. The lowest BCUT2D eigenvalue weighted by Gasteiger charge is -2.33. The van der Waals surface area contributed by atoms with Gasteiger partial charge in [-0.05, 0) is 69.4 Å². The van der Waals surface area contributed by atoms with E-state index in [0.717, 1.165) is 42.4 Å². The SMILES string of the molecule is Cc1ccc(-n2cc(C(=O)N3CCCC[C@H]3C)c3ccccc3c2=O)cc1C. The molecular formula is C24H26N2O2. The first-order valence-electron chi connectivity index (χ1n) is 10.0. The number of hydrogen-bond donors (Lipinski definition) is 0. The maximum absolute atomic E-state index is 13.5. The van der Waals surface area contributed by atoms with Crippen LogP contribution in [0, 0.1) is 13.8 Å². The number of amides is 1. The molecule has 4 nitrogen and oxygen atoms in total. The second kappa shape index (κ2) is 7.27. The van der Waals surface area contributed by atoms with Crippen LogP contribution in [0.25, 0.3) is 16.5 Å². The Kier molecular flexibility index (Phi) is 4.80. The van der Waals surface area contributed by atoms with Gasteiger partial charge in [0.1, 0.15) is 0 Å². The molecule has 1 atom stereocenters. The van der Waals surface area contributed by atoms with Gasteiger partial charge in [0.15, 0.2) is 0 Å². The monoisotopic (exact) mass is 374 g/mol. The molecule has 0 aliphatic carbocycles. The van der Waals surface area contributed by atoms with Crippen molar-refractivity contribution in [1.82, 2.24) is 9.47 Å². The van der Waals surface area contributed by atoms with Crippen molar-refractivity contribution in [2.24, 2.45) is 0 Å². The van der Waals surface area contributed by atoms with E-state index in [4.69, 9.17) is 0 Å².